The molecule has 2 aliphatic rings. The smallest absolute Gasteiger partial charge is 0.305 e. The molecule has 0 saturated carbocycles. The minimum atomic E-state index is -4.02. The number of nitrogens with zero attached hydrogens (tertiary/aromatic N) is 2. The number of rotatable bonds is 3. The first-order chi connectivity index (χ1) is 13.2. The number of hydrogen-bond donors (Lipinski definition) is 9. The number of aliphatic hydroxyl groups is 9. The van der Waals surface area contributed by atoms with E-state index in [1.54, 1.807) is 12.1 Å². The number of hydrogen-bond acceptors (Lipinski definition) is 11. The number of piperazine rings is 1. The summed E-state index contributed by atoms with van der Waals surface area (Å²) in [5.74, 6) is -15.8. The minimum absolute atomic E-state index is 0.0118. The van der Waals surface area contributed by atoms with E-state index in [2.05, 4.69) is 0 Å². The largest absolute Gasteiger partial charge is 0.367 e. The Morgan fingerprint density at radius 2 is 1.34 bits per heavy atom. The lowest BCUT2D eigenvalue weighted by Crippen LogP contribution is -2.92. The maximum Gasteiger partial charge on any atom is 0.305 e. The lowest BCUT2D eigenvalue weighted by molar-refractivity contribution is -0.623. The highest BCUT2D eigenvalue weighted by Gasteiger charge is 2.79. The average Bonchev–Trinajstić information content (AvgIpc) is 2.67. The second-order valence-electron chi connectivity index (χ2n) is 7.13. The molecule has 1 unspecified atom stereocenters. The van der Waals surface area contributed by atoms with E-state index in [1.165, 1.54) is 36.4 Å². The molecule has 1 saturated heterocycles. The molecule has 1 aromatic carbocycles. The maximum absolute atomic E-state index is 11.7. The highest BCUT2D eigenvalue weighted by molar-refractivity contribution is 5.37. The molecule has 1 heterocycles. The zero-order valence-electron chi connectivity index (χ0n) is 15.5. The van der Waals surface area contributed by atoms with Crippen LogP contribution in [0.4, 0.5) is 0 Å². The maximum atomic E-state index is 11.7. The molecule has 29 heavy (non-hydrogen) atoms. The summed E-state index contributed by atoms with van der Waals surface area (Å²) in [6.45, 7) is 0. The SMILES string of the molecule is CN1C(O)(O)C(O)(O)N(C(O)(C2=CC=CCC2)c2ccccc2)C(O)(O)C1(O)O. The Hall–Kier alpha value is -1.74. The molecule has 0 aromatic heterocycles. The molecule has 9 N–H and O–H groups in total. The van der Waals surface area contributed by atoms with Gasteiger partial charge >= 0.3 is 23.6 Å². The Bertz CT molecular complexity index is 807. The van der Waals surface area contributed by atoms with Gasteiger partial charge in [-0.25, -0.2) is 0 Å². The number of benzene rings is 1. The average molecular weight is 412 g/mol. The normalized spacial score (nSPS) is 27.9. The van der Waals surface area contributed by atoms with Crippen molar-refractivity contribution in [3.05, 3.63) is 59.7 Å². The molecule has 160 valence electrons. The first kappa shape index (κ1) is 22.0. The van der Waals surface area contributed by atoms with E-state index in [0.717, 1.165) is 0 Å². The van der Waals surface area contributed by atoms with Gasteiger partial charge in [0.15, 0.2) is 5.72 Å². The van der Waals surface area contributed by atoms with Crippen LogP contribution in [0.2, 0.25) is 0 Å². The summed E-state index contributed by atoms with van der Waals surface area (Å²) in [5.41, 5.74) is -2.98. The first-order valence-electron chi connectivity index (χ1n) is 8.71. The molecule has 11 heteroatoms. The van der Waals surface area contributed by atoms with Crippen molar-refractivity contribution < 1.29 is 46.0 Å². The van der Waals surface area contributed by atoms with Crippen molar-refractivity contribution in [3.8, 4) is 0 Å². The van der Waals surface area contributed by atoms with Gasteiger partial charge in [-0.2, -0.15) is 4.90 Å². The van der Waals surface area contributed by atoms with Gasteiger partial charge in [0.25, 0.3) is 0 Å². The van der Waals surface area contributed by atoms with Crippen molar-refractivity contribution >= 4 is 0 Å². The second kappa shape index (κ2) is 6.63. The third-order valence-corrected chi connectivity index (χ3v) is 5.42. The van der Waals surface area contributed by atoms with Crippen molar-refractivity contribution in [1.29, 1.82) is 0 Å². The van der Waals surface area contributed by atoms with Crippen LogP contribution >= 0.6 is 0 Å². The predicted octanol–water partition coefficient (Wildman–Crippen LogP) is -3.09. The van der Waals surface area contributed by atoms with Crippen molar-refractivity contribution in [2.75, 3.05) is 7.05 Å². The van der Waals surface area contributed by atoms with Crippen LogP contribution < -0.4 is 0 Å². The van der Waals surface area contributed by atoms with E-state index in [-0.39, 0.29) is 27.4 Å². The topological polar surface area (TPSA) is 189 Å². The number of allylic oxidation sites excluding steroid dienone is 3. The quantitative estimate of drug-likeness (QED) is 0.229. The summed E-state index contributed by atoms with van der Waals surface area (Å²) >= 11 is 0. The summed E-state index contributed by atoms with van der Waals surface area (Å²) < 4.78 is 0. The molecule has 1 aliphatic heterocycles. The van der Waals surface area contributed by atoms with Gasteiger partial charge in [0.2, 0.25) is 0 Å². The molecule has 1 aliphatic carbocycles. The van der Waals surface area contributed by atoms with E-state index in [4.69, 9.17) is 0 Å². The summed E-state index contributed by atoms with van der Waals surface area (Å²) in [4.78, 5) is -0.648. The molecule has 0 amide bonds. The molecule has 11 nitrogen and oxygen atoms in total. The Kier molecular flexibility index (Phi) is 5.02. The number of likely N-dealkylation sites (N-methyl/N-ethyl adjacent to an activating group) is 1. The van der Waals surface area contributed by atoms with Gasteiger partial charge in [-0.1, -0.05) is 48.6 Å². The summed E-state index contributed by atoms with van der Waals surface area (Å²) in [6.07, 6.45) is 5.09. The van der Waals surface area contributed by atoms with Crippen LogP contribution in [0.3, 0.4) is 0 Å². The molecule has 0 radical (unpaired) electrons. The third kappa shape index (κ3) is 2.80. The van der Waals surface area contributed by atoms with Gasteiger partial charge in [-0.15, -0.1) is 4.90 Å². The zero-order chi connectivity index (χ0) is 21.9. The fraction of sp³-hybridized carbons (Fsp3) is 0.444. The van der Waals surface area contributed by atoms with Crippen LogP contribution in [-0.2, 0) is 5.72 Å². The van der Waals surface area contributed by atoms with Crippen molar-refractivity contribution in [2.24, 2.45) is 0 Å². The van der Waals surface area contributed by atoms with Crippen molar-refractivity contribution in [2.45, 2.75) is 42.2 Å². The molecule has 3 rings (SSSR count). The van der Waals surface area contributed by atoms with E-state index in [0.29, 0.717) is 13.5 Å². The van der Waals surface area contributed by atoms with Gasteiger partial charge in [0, 0.05) is 5.56 Å². The van der Waals surface area contributed by atoms with Gasteiger partial charge in [-0.05, 0) is 25.5 Å². The standard InChI is InChI=1S/C18H24N2O9/c1-19-15(22,23)17(26,27)20(18(28,29)16(19,24)25)14(21,12-8-4-2-5-9-12)13-10-6-3-7-11-13/h2-6,8-10,21-29H,7,11H2,1H3. The van der Waals surface area contributed by atoms with Crippen molar-refractivity contribution in [3.63, 3.8) is 0 Å². The molecule has 0 spiro atoms. The van der Waals surface area contributed by atoms with Gasteiger partial charge < -0.3 is 46.0 Å². The molecule has 1 atom stereocenters. The lowest BCUT2D eigenvalue weighted by atomic mass is 9.84. The van der Waals surface area contributed by atoms with Gasteiger partial charge in [-0.3, -0.25) is 0 Å². The summed E-state index contributed by atoms with van der Waals surface area (Å²) in [7, 11) is 0.587. The highest BCUT2D eigenvalue weighted by atomic mass is 16.7. The van der Waals surface area contributed by atoms with Crippen LogP contribution in [0.5, 0.6) is 0 Å². The van der Waals surface area contributed by atoms with Gasteiger partial charge in [0.1, 0.15) is 0 Å². The minimum Gasteiger partial charge on any atom is -0.367 e. The highest BCUT2D eigenvalue weighted by Crippen LogP contribution is 2.51. The van der Waals surface area contributed by atoms with Crippen LogP contribution in [0.15, 0.2) is 54.1 Å². The zero-order valence-corrected chi connectivity index (χ0v) is 15.5. The molecule has 1 fully saturated rings. The van der Waals surface area contributed by atoms with Crippen LogP contribution in [0.1, 0.15) is 18.4 Å². The van der Waals surface area contributed by atoms with Crippen LogP contribution in [0.25, 0.3) is 0 Å². The van der Waals surface area contributed by atoms with E-state index in [1.807, 2.05) is 0 Å². The predicted molar refractivity (Wildman–Crippen MR) is 95.1 cm³/mol. The fourth-order valence-electron chi connectivity index (χ4n) is 3.66. The Balaban J connectivity index is 2.36. The fourth-order valence-corrected chi connectivity index (χ4v) is 3.66. The molecular formula is C18H24N2O9. The molecule has 1 aromatic rings. The molecule has 0 bridgehead atoms. The first-order valence-corrected chi connectivity index (χ1v) is 8.71. The molecular weight excluding hydrogens is 388 g/mol. The van der Waals surface area contributed by atoms with Crippen LogP contribution in [-0.4, -0.2) is 86.5 Å². The van der Waals surface area contributed by atoms with Gasteiger partial charge in [0.05, 0.1) is 0 Å². The Labute approximate surface area is 165 Å². The lowest BCUT2D eigenvalue weighted by Gasteiger charge is -2.63. The summed E-state index contributed by atoms with van der Waals surface area (Å²) in [5, 5.41) is 95.2. The second-order valence-corrected chi connectivity index (χ2v) is 7.13. The third-order valence-electron chi connectivity index (χ3n) is 5.42. The summed E-state index contributed by atoms with van der Waals surface area (Å²) in [6, 6.07) is 7.09. The van der Waals surface area contributed by atoms with E-state index in [9.17, 15) is 46.0 Å². The van der Waals surface area contributed by atoms with Crippen molar-refractivity contribution in [1.82, 2.24) is 9.80 Å². The van der Waals surface area contributed by atoms with E-state index < -0.39 is 29.4 Å². The van der Waals surface area contributed by atoms with Crippen LogP contribution in [0, 0.1) is 0 Å². The Morgan fingerprint density at radius 3 is 1.79 bits per heavy atom. The monoisotopic (exact) mass is 412 g/mol. The van der Waals surface area contributed by atoms with E-state index >= 15 is 0 Å². The Morgan fingerprint density at radius 1 is 0.828 bits per heavy atom.